The van der Waals surface area contributed by atoms with Crippen LogP contribution in [0.1, 0.15) is 35.8 Å². The molecule has 0 radical (unpaired) electrons. The van der Waals surface area contributed by atoms with Crippen molar-refractivity contribution < 1.29 is 18.7 Å². The van der Waals surface area contributed by atoms with E-state index in [0.29, 0.717) is 37.2 Å². The van der Waals surface area contributed by atoms with Crippen molar-refractivity contribution in [1.82, 2.24) is 9.97 Å². The Balaban J connectivity index is 1.65. The van der Waals surface area contributed by atoms with Crippen LogP contribution in [-0.2, 0) is 0 Å². The molecular weight excluding hydrogens is 426 g/mol. The molecule has 2 aromatic heterocycles. The van der Waals surface area contributed by atoms with Crippen molar-refractivity contribution in [3.63, 3.8) is 0 Å². The van der Waals surface area contributed by atoms with Gasteiger partial charge in [0.25, 0.3) is 5.91 Å². The molecule has 170 valence electrons. The number of halogens is 2. The molecule has 0 bridgehead atoms. The minimum absolute atomic E-state index is 0.00306. The summed E-state index contributed by atoms with van der Waals surface area (Å²) in [5, 5.41) is 12.6. The largest absolute Gasteiger partial charge is 0.393 e. The van der Waals surface area contributed by atoms with Gasteiger partial charge in [0.05, 0.1) is 23.7 Å². The lowest BCUT2D eigenvalue weighted by Gasteiger charge is -2.32. The van der Waals surface area contributed by atoms with Crippen molar-refractivity contribution in [2.75, 3.05) is 23.3 Å². The molecule has 0 spiro atoms. The maximum Gasteiger partial charge on any atom is 0.274 e. The zero-order valence-electron chi connectivity index (χ0n) is 18.1. The SMILES string of the molecule is CC=Cc1cccc(F)c1-c1nc(C(=O)Nc2cnccc2N2CCC(O)CC2)ccc1F. The van der Waals surface area contributed by atoms with Crippen LogP contribution in [0.15, 0.2) is 54.9 Å². The molecule has 8 heteroatoms. The Labute approximate surface area is 190 Å². The van der Waals surface area contributed by atoms with Gasteiger partial charge in [-0.05, 0) is 49.6 Å². The van der Waals surface area contributed by atoms with Gasteiger partial charge in [0.2, 0.25) is 0 Å². The summed E-state index contributed by atoms with van der Waals surface area (Å²) in [6.45, 7) is 3.07. The number of rotatable bonds is 5. The molecule has 1 saturated heterocycles. The van der Waals surface area contributed by atoms with Gasteiger partial charge in [-0.15, -0.1) is 0 Å². The predicted octanol–water partition coefficient (Wildman–Crippen LogP) is 4.67. The van der Waals surface area contributed by atoms with Crippen LogP contribution in [0.5, 0.6) is 0 Å². The van der Waals surface area contributed by atoms with Crippen LogP contribution in [-0.4, -0.2) is 40.2 Å². The molecule has 3 aromatic rings. The Kier molecular flexibility index (Phi) is 6.74. The molecule has 0 unspecified atom stereocenters. The monoisotopic (exact) mass is 450 g/mol. The van der Waals surface area contributed by atoms with Crippen LogP contribution in [0.3, 0.4) is 0 Å². The smallest absolute Gasteiger partial charge is 0.274 e. The molecule has 0 saturated carbocycles. The Morgan fingerprint density at radius 3 is 2.70 bits per heavy atom. The number of aromatic nitrogens is 2. The van der Waals surface area contributed by atoms with Gasteiger partial charge in [-0.1, -0.05) is 24.3 Å². The number of carbonyl (C=O) groups is 1. The molecule has 1 aromatic carbocycles. The van der Waals surface area contributed by atoms with Gasteiger partial charge in [0.1, 0.15) is 23.0 Å². The average molecular weight is 450 g/mol. The summed E-state index contributed by atoms with van der Waals surface area (Å²) in [5.41, 5.74) is 1.43. The molecule has 3 heterocycles. The minimum atomic E-state index is -0.726. The lowest BCUT2D eigenvalue weighted by Crippen LogP contribution is -2.36. The summed E-state index contributed by atoms with van der Waals surface area (Å²) in [6.07, 6.45) is 7.48. The van der Waals surface area contributed by atoms with Gasteiger partial charge in [-0.25, -0.2) is 13.8 Å². The summed E-state index contributed by atoms with van der Waals surface area (Å²) in [7, 11) is 0. The van der Waals surface area contributed by atoms with Crippen molar-refractivity contribution in [3.8, 4) is 11.3 Å². The molecule has 0 aliphatic carbocycles. The summed E-state index contributed by atoms with van der Waals surface area (Å²) in [6, 6.07) is 8.58. The minimum Gasteiger partial charge on any atom is -0.393 e. The lowest BCUT2D eigenvalue weighted by molar-refractivity contribution is 0.102. The number of carbonyl (C=O) groups excluding carboxylic acids is 1. The van der Waals surface area contributed by atoms with E-state index in [9.17, 15) is 18.7 Å². The van der Waals surface area contributed by atoms with Crippen LogP contribution < -0.4 is 10.2 Å². The topological polar surface area (TPSA) is 78.4 Å². The van der Waals surface area contributed by atoms with Crippen molar-refractivity contribution in [2.45, 2.75) is 25.9 Å². The summed E-state index contributed by atoms with van der Waals surface area (Å²) in [5.74, 6) is -1.92. The van der Waals surface area contributed by atoms with Gasteiger partial charge in [0.15, 0.2) is 0 Å². The molecule has 1 aliphatic rings. The highest BCUT2D eigenvalue weighted by Gasteiger charge is 2.22. The first-order valence-electron chi connectivity index (χ1n) is 10.7. The zero-order valence-corrected chi connectivity index (χ0v) is 18.1. The molecule has 1 fully saturated rings. The standard InChI is InChI=1S/C25H24F2N4O2/c1-2-4-16-5-3-6-18(26)23(16)24-19(27)7-8-20(29-24)25(33)30-21-15-28-12-9-22(21)31-13-10-17(32)11-14-31/h2-9,12,15,17,32H,10-11,13-14H2,1H3,(H,30,33). The van der Waals surface area contributed by atoms with Gasteiger partial charge in [0, 0.05) is 24.8 Å². The first-order valence-corrected chi connectivity index (χ1v) is 10.7. The zero-order chi connectivity index (χ0) is 23.4. The van der Waals surface area contributed by atoms with Crippen molar-refractivity contribution in [2.24, 2.45) is 0 Å². The second kappa shape index (κ2) is 9.87. The summed E-state index contributed by atoms with van der Waals surface area (Å²) < 4.78 is 29.3. The Morgan fingerprint density at radius 1 is 1.15 bits per heavy atom. The lowest BCUT2D eigenvalue weighted by atomic mass is 10.0. The van der Waals surface area contributed by atoms with Gasteiger partial charge in [-0.3, -0.25) is 9.78 Å². The average Bonchev–Trinajstić information content (AvgIpc) is 2.81. The van der Waals surface area contributed by atoms with E-state index < -0.39 is 17.5 Å². The number of piperidine rings is 1. The third-order valence-electron chi connectivity index (χ3n) is 5.56. The Hall–Kier alpha value is -3.65. The number of hydrogen-bond donors (Lipinski definition) is 2. The number of amides is 1. The number of aliphatic hydroxyl groups is 1. The highest BCUT2D eigenvalue weighted by molar-refractivity contribution is 6.05. The molecule has 4 rings (SSSR count). The third kappa shape index (κ3) is 4.90. The second-order valence-corrected chi connectivity index (χ2v) is 7.80. The molecule has 33 heavy (non-hydrogen) atoms. The molecule has 2 N–H and O–H groups in total. The first kappa shape index (κ1) is 22.5. The highest BCUT2D eigenvalue weighted by Crippen LogP contribution is 2.30. The number of hydrogen-bond acceptors (Lipinski definition) is 5. The third-order valence-corrected chi connectivity index (χ3v) is 5.56. The Bertz CT molecular complexity index is 1190. The van der Waals surface area contributed by atoms with Crippen LogP contribution in [0, 0.1) is 11.6 Å². The number of pyridine rings is 2. The first-order chi connectivity index (χ1) is 16.0. The van der Waals surface area contributed by atoms with Gasteiger partial charge < -0.3 is 15.3 Å². The van der Waals surface area contributed by atoms with Crippen molar-refractivity contribution >= 4 is 23.4 Å². The van der Waals surface area contributed by atoms with E-state index >= 15 is 0 Å². The number of aliphatic hydroxyl groups excluding tert-OH is 1. The van der Waals surface area contributed by atoms with E-state index in [1.807, 2.05) is 0 Å². The van der Waals surface area contributed by atoms with Crippen LogP contribution in [0.25, 0.3) is 17.3 Å². The van der Waals surface area contributed by atoms with E-state index in [-0.39, 0.29) is 23.1 Å². The Morgan fingerprint density at radius 2 is 1.94 bits per heavy atom. The fraction of sp³-hybridized carbons (Fsp3) is 0.240. The predicted molar refractivity (Wildman–Crippen MR) is 124 cm³/mol. The number of nitrogens with one attached hydrogen (secondary N) is 1. The van der Waals surface area contributed by atoms with E-state index in [2.05, 4.69) is 20.2 Å². The van der Waals surface area contributed by atoms with E-state index in [1.165, 1.54) is 24.4 Å². The van der Waals surface area contributed by atoms with E-state index in [4.69, 9.17) is 0 Å². The number of nitrogens with zero attached hydrogens (tertiary/aromatic N) is 3. The second-order valence-electron chi connectivity index (χ2n) is 7.80. The fourth-order valence-electron chi connectivity index (χ4n) is 3.91. The normalized spacial score (nSPS) is 14.6. The number of anilines is 2. The summed E-state index contributed by atoms with van der Waals surface area (Å²) >= 11 is 0. The highest BCUT2D eigenvalue weighted by atomic mass is 19.1. The van der Waals surface area contributed by atoms with Gasteiger partial charge >= 0.3 is 0 Å². The van der Waals surface area contributed by atoms with E-state index in [0.717, 1.165) is 11.8 Å². The maximum absolute atomic E-state index is 14.7. The fourth-order valence-corrected chi connectivity index (χ4v) is 3.91. The van der Waals surface area contributed by atoms with Crippen molar-refractivity contribution in [1.29, 1.82) is 0 Å². The molecule has 6 nitrogen and oxygen atoms in total. The summed E-state index contributed by atoms with van der Waals surface area (Å²) in [4.78, 5) is 23.3. The van der Waals surface area contributed by atoms with Crippen LogP contribution in [0.2, 0.25) is 0 Å². The van der Waals surface area contributed by atoms with Crippen LogP contribution >= 0.6 is 0 Å². The number of allylic oxidation sites excluding steroid dienone is 1. The maximum atomic E-state index is 14.7. The molecule has 1 aliphatic heterocycles. The van der Waals surface area contributed by atoms with Crippen molar-refractivity contribution in [3.05, 3.63) is 77.8 Å². The van der Waals surface area contributed by atoms with Gasteiger partial charge in [-0.2, -0.15) is 0 Å². The molecule has 0 atom stereocenters. The van der Waals surface area contributed by atoms with Crippen LogP contribution in [0.4, 0.5) is 20.2 Å². The molecule has 1 amide bonds. The molecular formula is C25H24F2N4O2. The quantitative estimate of drug-likeness (QED) is 0.591. The number of benzene rings is 1. The van der Waals surface area contributed by atoms with E-state index in [1.54, 1.807) is 37.4 Å².